The SMILES string of the molecule is CCC(N)c1c(C)nn(CCCCc2ccccc2)c1C. The zero-order valence-corrected chi connectivity index (χ0v) is 13.5. The predicted molar refractivity (Wildman–Crippen MR) is 88.3 cm³/mol. The maximum absolute atomic E-state index is 6.19. The first-order chi connectivity index (χ1) is 10.1. The van der Waals surface area contributed by atoms with Crippen molar-refractivity contribution < 1.29 is 0 Å². The molecule has 1 heterocycles. The summed E-state index contributed by atoms with van der Waals surface area (Å²) in [5, 5.41) is 4.66. The Bertz CT molecular complexity index is 557. The normalized spacial score (nSPS) is 12.6. The van der Waals surface area contributed by atoms with Gasteiger partial charge < -0.3 is 5.73 Å². The monoisotopic (exact) mass is 285 g/mol. The molecule has 0 bridgehead atoms. The molecule has 2 aromatic rings. The van der Waals surface area contributed by atoms with E-state index in [2.05, 4.69) is 60.9 Å². The maximum Gasteiger partial charge on any atom is 0.0644 e. The van der Waals surface area contributed by atoms with Gasteiger partial charge in [-0.25, -0.2) is 0 Å². The van der Waals surface area contributed by atoms with Crippen LogP contribution in [-0.4, -0.2) is 9.78 Å². The number of rotatable bonds is 7. The van der Waals surface area contributed by atoms with Gasteiger partial charge in [-0.05, 0) is 45.1 Å². The minimum Gasteiger partial charge on any atom is -0.324 e. The molecule has 0 radical (unpaired) electrons. The van der Waals surface area contributed by atoms with Crippen LogP contribution >= 0.6 is 0 Å². The highest BCUT2D eigenvalue weighted by atomic mass is 15.3. The molecular formula is C18H27N3. The molecule has 3 nitrogen and oxygen atoms in total. The second-order valence-electron chi connectivity index (χ2n) is 5.77. The van der Waals surface area contributed by atoms with E-state index in [-0.39, 0.29) is 6.04 Å². The molecule has 3 heteroatoms. The summed E-state index contributed by atoms with van der Waals surface area (Å²) in [5.41, 5.74) is 11.2. The van der Waals surface area contributed by atoms with E-state index in [1.54, 1.807) is 0 Å². The second kappa shape index (κ2) is 7.41. The van der Waals surface area contributed by atoms with Crippen LogP contribution in [0.2, 0.25) is 0 Å². The van der Waals surface area contributed by atoms with Gasteiger partial charge in [0, 0.05) is 23.8 Å². The summed E-state index contributed by atoms with van der Waals surface area (Å²) < 4.78 is 2.13. The fourth-order valence-electron chi connectivity index (χ4n) is 2.90. The zero-order chi connectivity index (χ0) is 15.2. The van der Waals surface area contributed by atoms with Crippen molar-refractivity contribution in [1.29, 1.82) is 0 Å². The summed E-state index contributed by atoms with van der Waals surface area (Å²) in [7, 11) is 0. The third-order valence-electron chi connectivity index (χ3n) is 4.18. The largest absolute Gasteiger partial charge is 0.324 e. The van der Waals surface area contributed by atoms with Crippen molar-refractivity contribution in [1.82, 2.24) is 9.78 Å². The van der Waals surface area contributed by atoms with Crippen LogP contribution in [0.1, 0.15) is 54.7 Å². The molecule has 2 N–H and O–H groups in total. The lowest BCUT2D eigenvalue weighted by Gasteiger charge is -2.10. The number of unbranched alkanes of at least 4 members (excludes halogenated alkanes) is 1. The summed E-state index contributed by atoms with van der Waals surface area (Å²) in [6.45, 7) is 7.32. The van der Waals surface area contributed by atoms with Crippen LogP contribution in [-0.2, 0) is 13.0 Å². The molecule has 0 spiro atoms. The van der Waals surface area contributed by atoms with E-state index in [0.717, 1.165) is 31.5 Å². The lowest BCUT2D eigenvalue weighted by molar-refractivity contribution is 0.542. The zero-order valence-electron chi connectivity index (χ0n) is 13.5. The van der Waals surface area contributed by atoms with Crippen molar-refractivity contribution in [2.24, 2.45) is 5.73 Å². The van der Waals surface area contributed by atoms with Crippen molar-refractivity contribution in [3.63, 3.8) is 0 Å². The lowest BCUT2D eigenvalue weighted by atomic mass is 10.0. The summed E-state index contributed by atoms with van der Waals surface area (Å²) >= 11 is 0. The molecule has 1 aromatic heterocycles. The topological polar surface area (TPSA) is 43.8 Å². The smallest absolute Gasteiger partial charge is 0.0644 e. The highest BCUT2D eigenvalue weighted by Crippen LogP contribution is 2.22. The number of aromatic nitrogens is 2. The van der Waals surface area contributed by atoms with Gasteiger partial charge in [0.25, 0.3) is 0 Å². The molecule has 21 heavy (non-hydrogen) atoms. The molecule has 0 aliphatic heterocycles. The third kappa shape index (κ3) is 3.94. The Morgan fingerprint density at radius 3 is 2.52 bits per heavy atom. The van der Waals surface area contributed by atoms with Gasteiger partial charge in [-0.3, -0.25) is 4.68 Å². The Kier molecular flexibility index (Phi) is 5.57. The van der Waals surface area contributed by atoms with Crippen LogP contribution in [0.15, 0.2) is 30.3 Å². The van der Waals surface area contributed by atoms with E-state index in [0.29, 0.717) is 0 Å². The molecule has 0 amide bonds. The number of benzene rings is 1. The van der Waals surface area contributed by atoms with Gasteiger partial charge in [-0.15, -0.1) is 0 Å². The second-order valence-corrected chi connectivity index (χ2v) is 5.77. The Morgan fingerprint density at radius 2 is 1.86 bits per heavy atom. The number of hydrogen-bond acceptors (Lipinski definition) is 2. The van der Waals surface area contributed by atoms with Gasteiger partial charge in [0.1, 0.15) is 0 Å². The van der Waals surface area contributed by atoms with Gasteiger partial charge >= 0.3 is 0 Å². The fourth-order valence-corrected chi connectivity index (χ4v) is 2.90. The van der Waals surface area contributed by atoms with E-state index in [1.165, 1.54) is 23.2 Å². The highest BCUT2D eigenvalue weighted by molar-refractivity contribution is 5.27. The number of hydrogen-bond donors (Lipinski definition) is 1. The van der Waals surface area contributed by atoms with Gasteiger partial charge in [-0.1, -0.05) is 37.3 Å². The van der Waals surface area contributed by atoms with Crippen LogP contribution < -0.4 is 5.73 Å². The van der Waals surface area contributed by atoms with E-state index < -0.39 is 0 Å². The first kappa shape index (κ1) is 15.8. The van der Waals surface area contributed by atoms with Crippen molar-refractivity contribution in [2.75, 3.05) is 0 Å². The quantitative estimate of drug-likeness (QED) is 0.783. The Balaban J connectivity index is 1.89. The minimum absolute atomic E-state index is 0.114. The van der Waals surface area contributed by atoms with Crippen LogP contribution in [0.4, 0.5) is 0 Å². The molecule has 0 saturated carbocycles. The molecule has 1 unspecified atom stereocenters. The van der Waals surface area contributed by atoms with E-state index in [4.69, 9.17) is 5.73 Å². The molecule has 114 valence electrons. The fraction of sp³-hybridized carbons (Fsp3) is 0.500. The number of nitrogens with two attached hydrogens (primary N) is 1. The first-order valence-corrected chi connectivity index (χ1v) is 7.97. The summed E-state index contributed by atoms with van der Waals surface area (Å²) in [6, 6.07) is 10.8. The average Bonchev–Trinajstić information content (AvgIpc) is 2.78. The summed E-state index contributed by atoms with van der Waals surface area (Å²) in [5.74, 6) is 0. The third-order valence-corrected chi connectivity index (χ3v) is 4.18. The number of aryl methyl sites for hydroxylation is 3. The first-order valence-electron chi connectivity index (χ1n) is 7.97. The summed E-state index contributed by atoms with van der Waals surface area (Å²) in [6.07, 6.45) is 4.44. The standard InChI is InChI=1S/C18H27N3/c1-4-17(19)18-14(2)20-21(15(18)3)13-9-8-12-16-10-6-5-7-11-16/h5-7,10-11,17H,4,8-9,12-13,19H2,1-3H3. The predicted octanol–water partition coefficient (Wildman–Crippen LogP) is 3.93. The van der Waals surface area contributed by atoms with Gasteiger partial charge in [0.05, 0.1) is 5.69 Å². The van der Waals surface area contributed by atoms with Crippen LogP contribution in [0, 0.1) is 13.8 Å². The van der Waals surface area contributed by atoms with E-state index in [1.807, 2.05) is 0 Å². The van der Waals surface area contributed by atoms with Crippen molar-refractivity contribution in [3.05, 3.63) is 52.8 Å². The number of nitrogens with zero attached hydrogens (tertiary/aromatic N) is 2. The average molecular weight is 285 g/mol. The Labute approximate surface area is 128 Å². The molecule has 1 atom stereocenters. The molecule has 0 fully saturated rings. The molecule has 0 aliphatic rings. The van der Waals surface area contributed by atoms with Crippen molar-refractivity contribution >= 4 is 0 Å². The van der Waals surface area contributed by atoms with E-state index >= 15 is 0 Å². The molecule has 1 aromatic carbocycles. The Hall–Kier alpha value is -1.61. The maximum atomic E-state index is 6.19. The minimum atomic E-state index is 0.114. The van der Waals surface area contributed by atoms with Gasteiger partial charge in [-0.2, -0.15) is 5.10 Å². The van der Waals surface area contributed by atoms with Crippen LogP contribution in [0.5, 0.6) is 0 Å². The lowest BCUT2D eigenvalue weighted by Crippen LogP contribution is -2.11. The van der Waals surface area contributed by atoms with Gasteiger partial charge in [0.15, 0.2) is 0 Å². The highest BCUT2D eigenvalue weighted by Gasteiger charge is 2.16. The molecule has 0 aliphatic carbocycles. The molecule has 0 saturated heterocycles. The molecular weight excluding hydrogens is 258 g/mol. The van der Waals surface area contributed by atoms with E-state index in [9.17, 15) is 0 Å². The van der Waals surface area contributed by atoms with Crippen molar-refractivity contribution in [2.45, 2.75) is 59.0 Å². The van der Waals surface area contributed by atoms with Crippen molar-refractivity contribution in [3.8, 4) is 0 Å². The Morgan fingerprint density at radius 1 is 1.14 bits per heavy atom. The van der Waals surface area contributed by atoms with Gasteiger partial charge in [0.2, 0.25) is 0 Å². The summed E-state index contributed by atoms with van der Waals surface area (Å²) in [4.78, 5) is 0. The molecule has 2 rings (SSSR count). The van der Waals surface area contributed by atoms with Crippen LogP contribution in [0.3, 0.4) is 0 Å². The van der Waals surface area contributed by atoms with Crippen LogP contribution in [0.25, 0.3) is 0 Å².